The Morgan fingerprint density at radius 2 is 1.91 bits per heavy atom. The van der Waals surface area contributed by atoms with Crippen molar-refractivity contribution in [3.05, 3.63) is 65.4 Å². The van der Waals surface area contributed by atoms with Gasteiger partial charge in [-0.15, -0.1) is 16.7 Å². The van der Waals surface area contributed by atoms with Gasteiger partial charge in [0.1, 0.15) is 24.8 Å². The number of alkyl halides is 1. The van der Waals surface area contributed by atoms with Crippen molar-refractivity contribution in [1.29, 1.82) is 0 Å². The number of hydrogen-bond acceptors (Lipinski definition) is 6. The Kier molecular flexibility index (Phi) is 7.74. The first kappa shape index (κ1) is 23.2. The van der Waals surface area contributed by atoms with Crippen LogP contribution in [0.5, 0.6) is 0 Å². The van der Waals surface area contributed by atoms with Crippen LogP contribution >= 0.6 is 23.2 Å². The minimum Gasteiger partial charge on any atom is -0.480 e. The minimum atomic E-state index is -1.28. The van der Waals surface area contributed by atoms with Crippen LogP contribution in [0, 0.1) is 0 Å². The maximum Gasteiger partial charge on any atom is 0.326 e. The van der Waals surface area contributed by atoms with E-state index in [1.807, 2.05) is 0 Å². The first-order valence-electron chi connectivity index (χ1n) is 9.34. The smallest absolute Gasteiger partial charge is 0.326 e. The van der Waals surface area contributed by atoms with Crippen LogP contribution in [0.25, 0.3) is 5.69 Å². The Balaban J connectivity index is 1.83. The van der Waals surface area contributed by atoms with Gasteiger partial charge in [-0.3, -0.25) is 9.59 Å². The van der Waals surface area contributed by atoms with Gasteiger partial charge >= 0.3 is 5.97 Å². The Morgan fingerprint density at radius 1 is 1.16 bits per heavy atom. The summed E-state index contributed by atoms with van der Waals surface area (Å²) < 4.78 is 1.32. The van der Waals surface area contributed by atoms with Crippen molar-refractivity contribution >= 4 is 46.7 Å². The zero-order valence-corrected chi connectivity index (χ0v) is 18.1. The van der Waals surface area contributed by atoms with Gasteiger partial charge in [-0.25, -0.2) is 4.79 Å². The third kappa shape index (κ3) is 5.80. The number of hydrogen-bond donors (Lipinski definition) is 2. The molecule has 3 aromatic rings. The summed E-state index contributed by atoms with van der Waals surface area (Å²) in [6.45, 7) is -0.531. The van der Waals surface area contributed by atoms with Gasteiger partial charge in [-0.2, -0.15) is 4.68 Å². The van der Waals surface area contributed by atoms with E-state index in [9.17, 15) is 19.5 Å². The molecule has 2 aromatic carbocycles. The Morgan fingerprint density at radius 3 is 2.53 bits per heavy atom. The minimum absolute atomic E-state index is 0.0130. The lowest BCUT2D eigenvalue weighted by molar-refractivity contribution is -0.150. The fourth-order valence-electron chi connectivity index (χ4n) is 3.04. The molecule has 0 radical (unpaired) electrons. The highest BCUT2D eigenvalue weighted by molar-refractivity contribution is 6.31. The number of anilines is 1. The van der Waals surface area contributed by atoms with Gasteiger partial charge in [0.15, 0.2) is 0 Å². The van der Waals surface area contributed by atoms with E-state index in [0.717, 1.165) is 4.90 Å². The molecule has 0 bridgehead atoms. The number of amides is 2. The molecule has 0 saturated heterocycles. The number of carbonyl (C=O) groups is 3. The van der Waals surface area contributed by atoms with Crippen molar-refractivity contribution in [2.75, 3.05) is 17.7 Å². The van der Waals surface area contributed by atoms with Crippen molar-refractivity contribution in [3.63, 3.8) is 0 Å². The van der Waals surface area contributed by atoms with E-state index in [1.165, 1.54) is 17.1 Å². The zero-order chi connectivity index (χ0) is 23.1. The monoisotopic (exact) mass is 476 g/mol. The SMILES string of the molecule is O=C(CN(C(=O)CCl)[C@@H](Cc1ccccc1)C(=O)O)Nc1cc(Cl)ccc1-n1cnnn1. The summed E-state index contributed by atoms with van der Waals surface area (Å²) in [4.78, 5) is 38.1. The summed E-state index contributed by atoms with van der Waals surface area (Å²) in [5.74, 6) is -3.05. The number of carbonyl (C=O) groups excluding carboxylic acids is 2. The molecule has 0 spiro atoms. The molecular weight excluding hydrogens is 459 g/mol. The topological polar surface area (TPSA) is 130 Å². The van der Waals surface area contributed by atoms with E-state index in [2.05, 4.69) is 20.8 Å². The molecule has 12 heteroatoms. The number of aromatic nitrogens is 4. The average Bonchev–Trinajstić information content (AvgIpc) is 3.31. The molecule has 1 heterocycles. The van der Waals surface area contributed by atoms with Crippen molar-refractivity contribution < 1.29 is 19.5 Å². The lowest BCUT2D eigenvalue weighted by Crippen LogP contribution is -2.50. The maximum absolute atomic E-state index is 12.8. The van der Waals surface area contributed by atoms with Crippen molar-refractivity contribution in [2.24, 2.45) is 0 Å². The molecule has 0 fully saturated rings. The summed E-state index contributed by atoms with van der Waals surface area (Å²) in [6, 6.07) is 12.2. The third-order valence-electron chi connectivity index (χ3n) is 4.51. The van der Waals surface area contributed by atoms with E-state index in [1.54, 1.807) is 42.5 Å². The number of aliphatic carboxylic acids is 1. The fourth-order valence-corrected chi connectivity index (χ4v) is 3.37. The second-order valence-electron chi connectivity index (χ2n) is 6.66. The van der Waals surface area contributed by atoms with Gasteiger partial charge in [0, 0.05) is 11.4 Å². The molecule has 0 aliphatic rings. The lowest BCUT2D eigenvalue weighted by atomic mass is 10.0. The number of carboxylic acid groups (broad SMARTS) is 1. The van der Waals surface area contributed by atoms with Crippen molar-refractivity contribution in [1.82, 2.24) is 25.1 Å². The van der Waals surface area contributed by atoms with E-state index in [-0.39, 0.29) is 12.1 Å². The highest BCUT2D eigenvalue weighted by Gasteiger charge is 2.31. The van der Waals surface area contributed by atoms with Crippen molar-refractivity contribution in [2.45, 2.75) is 12.5 Å². The van der Waals surface area contributed by atoms with Crippen LogP contribution in [0.15, 0.2) is 54.9 Å². The molecule has 0 saturated carbocycles. The van der Waals surface area contributed by atoms with Crippen LogP contribution in [-0.4, -0.2) is 66.5 Å². The highest BCUT2D eigenvalue weighted by Crippen LogP contribution is 2.24. The van der Waals surface area contributed by atoms with Crippen LogP contribution in [0.1, 0.15) is 5.56 Å². The van der Waals surface area contributed by atoms with Crippen molar-refractivity contribution in [3.8, 4) is 5.69 Å². The summed E-state index contributed by atoms with van der Waals surface area (Å²) >= 11 is 11.7. The quantitative estimate of drug-likeness (QED) is 0.451. The number of nitrogens with zero attached hydrogens (tertiary/aromatic N) is 5. The average molecular weight is 477 g/mol. The molecule has 3 rings (SSSR count). The molecular formula is C20H18Cl2N6O4. The summed E-state index contributed by atoms with van der Waals surface area (Å²) in [7, 11) is 0. The Bertz CT molecular complexity index is 1090. The molecule has 0 aliphatic carbocycles. The van der Waals surface area contributed by atoms with E-state index < -0.39 is 36.3 Å². The number of benzene rings is 2. The zero-order valence-electron chi connectivity index (χ0n) is 16.6. The fraction of sp³-hybridized carbons (Fsp3) is 0.200. The molecule has 1 aromatic heterocycles. The lowest BCUT2D eigenvalue weighted by Gasteiger charge is -2.28. The summed E-state index contributed by atoms with van der Waals surface area (Å²) in [5, 5.41) is 23.6. The number of rotatable bonds is 9. The van der Waals surface area contributed by atoms with Crippen LogP contribution in [-0.2, 0) is 20.8 Å². The second kappa shape index (κ2) is 10.7. The number of carboxylic acids is 1. The van der Waals surface area contributed by atoms with Gasteiger partial charge in [0.2, 0.25) is 11.8 Å². The molecule has 10 nitrogen and oxygen atoms in total. The van der Waals surface area contributed by atoms with Crippen LogP contribution in [0.4, 0.5) is 5.69 Å². The Hall–Kier alpha value is -3.50. The van der Waals surface area contributed by atoms with E-state index >= 15 is 0 Å². The molecule has 166 valence electrons. The first-order valence-corrected chi connectivity index (χ1v) is 10.2. The van der Waals surface area contributed by atoms with Crippen LogP contribution in [0.3, 0.4) is 0 Å². The molecule has 2 amide bonds. The summed E-state index contributed by atoms with van der Waals surface area (Å²) in [6.07, 6.45) is 1.35. The number of nitrogens with one attached hydrogen (secondary N) is 1. The molecule has 1 atom stereocenters. The van der Waals surface area contributed by atoms with E-state index in [0.29, 0.717) is 16.3 Å². The van der Waals surface area contributed by atoms with Gasteiger partial charge in [-0.05, 0) is 34.2 Å². The van der Waals surface area contributed by atoms with Gasteiger partial charge in [0.05, 0.1) is 11.4 Å². The predicted molar refractivity (Wildman–Crippen MR) is 117 cm³/mol. The summed E-state index contributed by atoms with van der Waals surface area (Å²) in [5.41, 5.74) is 1.41. The molecule has 0 unspecified atom stereocenters. The van der Waals surface area contributed by atoms with E-state index in [4.69, 9.17) is 23.2 Å². The van der Waals surface area contributed by atoms with Gasteiger partial charge < -0.3 is 15.3 Å². The van der Waals surface area contributed by atoms with Gasteiger partial charge in [-0.1, -0.05) is 41.9 Å². The highest BCUT2D eigenvalue weighted by atomic mass is 35.5. The number of tetrazole rings is 1. The van der Waals surface area contributed by atoms with Gasteiger partial charge in [0.25, 0.3) is 0 Å². The third-order valence-corrected chi connectivity index (χ3v) is 4.97. The standard InChI is InChI=1S/C20H18Cl2N6O4/c21-10-19(30)27(17(20(31)32)8-13-4-2-1-3-5-13)11-18(29)24-15-9-14(22)6-7-16(15)28-12-23-25-26-28/h1-7,9,12,17H,8,10-11H2,(H,24,29)(H,31,32)/t17-/m0/s1. The molecule has 2 N–H and O–H groups in total. The predicted octanol–water partition coefficient (Wildman–Crippen LogP) is 2.02. The first-order chi connectivity index (χ1) is 15.4. The Labute approximate surface area is 192 Å². The van der Waals surface area contributed by atoms with Crippen LogP contribution in [0.2, 0.25) is 5.02 Å². The van der Waals surface area contributed by atoms with Crippen LogP contribution < -0.4 is 5.32 Å². The number of halogens is 2. The largest absolute Gasteiger partial charge is 0.480 e. The molecule has 0 aliphatic heterocycles. The second-order valence-corrected chi connectivity index (χ2v) is 7.37. The molecule has 32 heavy (non-hydrogen) atoms. The maximum atomic E-state index is 12.8. The normalized spacial score (nSPS) is 11.6.